The number of carboxylic acid groups (broad SMARTS) is 1. The van der Waals surface area contributed by atoms with E-state index in [1.807, 2.05) is 13.8 Å². The van der Waals surface area contributed by atoms with Crippen LogP contribution in [0.5, 0.6) is 0 Å². The molecule has 1 rings (SSSR count). The first-order valence-electron chi connectivity index (χ1n) is 4.59. The SMILES string of the molecule is CCOC1(C(=O)O)CCOC(C)C1. The molecule has 0 aromatic rings. The number of hydrogen-bond acceptors (Lipinski definition) is 3. The topological polar surface area (TPSA) is 55.8 Å². The van der Waals surface area contributed by atoms with Gasteiger partial charge in [0.2, 0.25) is 0 Å². The average molecular weight is 188 g/mol. The van der Waals surface area contributed by atoms with Crippen LogP contribution < -0.4 is 0 Å². The molecule has 0 aromatic carbocycles. The Bertz CT molecular complexity index is 188. The second-order valence-electron chi connectivity index (χ2n) is 3.37. The second kappa shape index (κ2) is 4.07. The summed E-state index contributed by atoms with van der Waals surface area (Å²) in [6.45, 7) is 4.58. The van der Waals surface area contributed by atoms with Gasteiger partial charge in [-0.05, 0) is 13.8 Å². The van der Waals surface area contributed by atoms with E-state index in [9.17, 15) is 4.79 Å². The Hall–Kier alpha value is -0.610. The maximum atomic E-state index is 11.0. The van der Waals surface area contributed by atoms with Gasteiger partial charge in [-0.1, -0.05) is 0 Å². The monoisotopic (exact) mass is 188 g/mol. The lowest BCUT2D eigenvalue weighted by Crippen LogP contribution is -2.48. The molecule has 4 heteroatoms. The van der Waals surface area contributed by atoms with Crippen molar-refractivity contribution in [3.63, 3.8) is 0 Å². The van der Waals surface area contributed by atoms with Gasteiger partial charge in [-0.25, -0.2) is 4.79 Å². The predicted octanol–water partition coefficient (Wildman–Crippen LogP) is 1.05. The highest BCUT2D eigenvalue weighted by molar-refractivity contribution is 5.77. The first-order chi connectivity index (χ1) is 6.10. The number of aliphatic carboxylic acids is 1. The minimum absolute atomic E-state index is 0.0311. The van der Waals surface area contributed by atoms with Crippen LogP contribution in [0, 0.1) is 0 Å². The first-order valence-corrected chi connectivity index (χ1v) is 4.59. The quantitative estimate of drug-likeness (QED) is 0.719. The normalized spacial score (nSPS) is 34.5. The summed E-state index contributed by atoms with van der Waals surface area (Å²) in [4.78, 5) is 11.0. The van der Waals surface area contributed by atoms with Gasteiger partial charge in [-0.15, -0.1) is 0 Å². The molecule has 0 radical (unpaired) electrons. The summed E-state index contributed by atoms with van der Waals surface area (Å²) in [6, 6.07) is 0. The minimum atomic E-state index is -1.01. The van der Waals surface area contributed by atoms with Crippen molar-refractivity contribution in [1.29, 1.82) is 0 Å². The molecule has 1 N–H and O–H groups in total. The van der Waals surface area contributed by atoms with Crippen LogP contribution in [0.1, 0.15) is 26.7 Å². The van der Waals surface area contributed by atoms with Crippen LogP contribution in [0.4, 0.5) is 0 Å². The molecular formula is C9H16O4. The summed E-state index contributed by atoms with van der Waals surface area (Å²) in [5.74, 6) is -0.871. The number of ether oxygens (including phenoxy) is 2. The molecule has 0 bridgehead atoms. The molecule has 2 unspecified atom stereocenters. The largest absolute Gasteiger partial charge is 0.479 e. The lowest BCUT2D eigenvalue weighted by molar-refractivity contribution is -0.184. The van der Waals surface area contributed by atoms with Crippen molar-refractivity contribution >= 4 is 5.97 Å². The van der Waals surface area contributed by atoms with E-state index in [0.29, 0.717) is 26.1 Å². The van der Waals surface area contributed by atoms with Crippen LogP contribution in [0.15, 0.2) is 0 Å². The van der Waals surface area contributed by atoms with Crippen LogP contribution in [0.2, 0.25) is 0 Å². The molecule has 0 saturated carbocycles. The van der Waals surface area contributed by atoms with Crippen molar-refractivity contribution in [2.24, 2.45) is 0 Å². The molecule has 1 saturated heterocycles. The Labute approximate surface area is 77.8 Å². The molecule has 1 fully saturated rings. The summed E-state index contributed by atoms with van der Waals surface area (Å²) in [5.41, 5.74) is -1.01. The van der Waals surface area contributed by atoms with Crippen LogP contribution in [0.25, 0.3) is 0 Å². The zero-order valence-corrected chi connectivity index (χ0v) is 8.08. The minimum Gasteiger partial charge on any atom is -0.479 e. The fourth-order valence-electron chi connectivity index (χ4n) is 1.71. The van der Waals surface area contributed by atoms with Gasteiger partial charge in [0.1, 0.15) is 0 Å². The number of hydrogen-bond donors (Lipinski definition) is 1. The zero-order valence-electron chi connectivity index (χ0n) is 8.08. The highest BCUT2D eigenvalue weighted by Crippen LogP contribution is 2.28. The third-order valence-corrected chi connectivity index (χ3v) is 2.34. The van der Waals surface area contributed by atoms with Gasteiger partial charge in [0, 0.05) is 19.4 Å². The van der Waals surface area contributed by atoms with Gasteiger partial charge in [0.25, 0.3) is 0 Å². The molecule has 13 heavy (non-hydrogen) atoms. The van der Waals surface area contributed by atoms with Gasteiger partial charge in [-0.3, -0.25) is 0 Å². The van der Waals surface area contributed by atoms with E-state index in [1.165, 1.54) is 0 Å². The molecule has 0 aliphatic carbocycles. The average Bonchev–Trinajstić information content (AvgIpc) is 2.04. The van der Waals surface area contributed by atoms with Crippen molar-refractivity contribution in [2.75, 3.05) is 13.2 Å². The summed E-state index contributed by atoms with van der Waals surface area (Å²) in [7, 11) is 0. The van der Waals surface area contributed by atoms with Crippen LogP contribution >= 0.6 is 0 Å². The fraction of sp³-hybridized carbons (Fsp3) is 0.889. The zero-order chi connectivity index (χ0) is 9.90. The molecule has 2 atom stereocenters. The number of carboxylic acids is 1. The van der Waals surface area contributed by atoms with Gasteiger partial charge in [0.05, 0.1) is 12.7 Å². The maximum Gasteiger partial charge on any atom is 0.336 e. The molecule has 1 aliphatic rings. The third kappa shape index (κ3) is 2.19. The Morgan fingerprint density at radius 3 is 2.92 bits per heavy atom. The van der Waals surface area contributed by atoms with E-state index in [0.717, 1.165) is 0 Å². The van der Waals surface area contributed by atoms with Gasteiger partial charge < -0.3 is 14.6 Å². The van der Waals surface area contributed by atoms with Crippen molar-refractivity contribution < 1.29 is 19.4 Å². The highest BCUT2D eigenvalue weighted by Gasteiger charge is 2.43. The van der Waals surface area contributed by atoms with Crippen molar-refractivity contribution in [3.05, 3.63) is 0 Å². The summed E-state index contributed by atoms with van der Waals surface area (Å²) in [5, 5.41) is 9.06. The Kier molecular flexibility index (Phi) is 3.27. The van der Waals surface area contributed by atoms with Crippen LogP contribution in [-0.2, 0) is 14.3 Å². The number of carbonyl (C=O) groups is 1. The Morgan fingerprint density at radius 1 is 1.77 bits per heavy atom. The molecule has 1 heterocycles. The van der Waals surface area contributed by atoms with Crippen molar-refractivity contribution in [3.8, 4) is 0 Å². The molecule has 1 aliphatic heterocycles. The number of rotatable bonds is 3. The van der Waals surface area contributed by atoms with E-state index >= 15 is 0 Å². The molecule has 0 spiro atoms. The molecule has 76 valence electrons. The van der Waals surface area contributed by atoms with Crippen LogP contribution in [-0.4, -0.2) is 36.0 Å². The Balaban J connectivity index is 2.70. The Morgan fingerprint density at radius 2 is 2.46 bits per heavy atom. The van der Waals surface area contributed by atoms with E-state index in [2.05, 4.69) is 0 Å². The predicted molar refractivity (Wildman–Crippen MR) is 46.6 cm³/mol. The van der Waals surface area contributed by atoms with Crippen molar-refractivity contribution in [2.45, 2.75) is 38.4 Å². The standard InChI is InChI=1S/C9H16O4/c1-3-13-9(8(10)11)4-5-12-7(2)6-9/h7H,3-6H2,1-2H3,(H,10,11). The molecular weight excluding hydrogens is 172 g/mol. The summed E-state index contributed by atoms with van der Waals surface area (Å²) in [6.07, 6.45) is 0.854. The van der Waals surface area contributed by atoms with Crippen LogP contribution in [0.3, 0.4) is 0 Å². The van der Waals surface area contributed by atoms with Gasteiger partial charge in [-0.2, -0.15) is 0 Å². The lowest BCUT2D eigenvalue weighted by atomic mass is 9.90. The summed E-state index contributed by atoms with van der Waals surface area (Å²) >= 11 is 0. The molecule has 4 nitrogen and oxygen atoms in total. The van der Waals surface area contributed by atoms with E-state index in [-0.39, 0.29) is 6.10 Å². The van der Waals surface area contributed by atoms with E-state index in [1.54, 1.807) is 0 Å². The van der Waals surface area contributed by atoms with Gasteiger partial charge >= 0.3 is 5.97 Å². The smallest absolute Gasteiger partial charge is 0.336 e. The summed E-state index contributed by atoms with van der Waals surface area (Å²) < 4.78 is 10.6. The fourth-order valence-corrected chi connectivity index (χ4v) is 1.71. The third-order valence-electron chi connectivity index (χ3n) is 2.34. The van der Waals surface area contributed by atoms with E-state index in [4.69, 9.17) is 14.6 Å². The second-order valence-corrected chi connectivity index (χ2v) is 3.37. The first kappa shape index (κ1) is 10.5. The van der Waals surface area contributed by atoms with E-state index < -0.39 is 11.6 Å². The van der Waals surface area contributed by atoms with Gasteiger partial charge in [0.15, 0.2) is 5.60 Å². The maximum absolute atomic E-state index is 11.0. The highest BCUT2D eigenvalue weighted by atomic mass is 16.5. The molecule has 0 amide bonds. The lowest BCUT2D eigenvalue weighted by Gasteiger charge is -2.35. The molecule has 0 aromatic heterocycles. The van der Waals surface area contributed by atoms with Crippen molar-refractivity contribution in [1.82, 2.24) is 0 Å².